The highest BCUT2D eigenvalue weighted by atomic mass is 19.1. The second-order valence-corrected chi connectivity index (χ2v) is 2.79. The molecule has 0 aromatic rings. The Bertz CT molecular complexity index is 161. The maximum atomic E-state index is 11.8. The molecular formula is C8H14FNO. The molecule has 0 aliphatic heterocycles. The van der Waals surface area contributed by atoms with Crippen LogP contribution in [0.5, 0.6) is 0 Å². The molecule has 1 unspecified atom stereocenters. The number of amides is 1. The molecule has 0 spiro atoms. The number of halogens is 1. The van der Waals surface area contributed by atoms with Crippen molar-refractivity contribution in [3.05, 3.63) is 11.6 Å². The van der Waals surface area contributed by atoms with Gasteiger partial charge < -0.3 is 5.32 Å². The second kappa shape index (κ2) is 4.88. The van der Waals surface area contributed by atoms with E-state index in [1.54, 1.807) is 6.92 Å². The maximum Gasteiger partial charge on any atom is 0.244 e. The van der Waals surface area contributed by atoms with E-state index in [2.05, 4.69) is 5.32 Å². The third-order valence-electron chi connectivity index (χ3n) is 1.04. The first-order valence-corrected chi connectivity index (χ1v) is 3.57. The van der Waals surface area contributed by atoms with Gasteiger partial charge in [0.15, 0.2) is 0 Å². The van der Waals surface area contributed by atoms with Gasteiger partial charge in [0, 0.05) is 6.08 Å². The van der Waals surface area contributed by atoms with E-state index < -0.39 is 12.7 Å². The zero-order valence-corrected chi connectivity index (χ0v) is 7.15. The lowest BCUT2D eigenvalue weighted by Crippen LogP contribution is -2.32. The Balaban J connectivity index is 3.79. The SMILES string of the molecule is CC(C)=CC(=O)NC(C)CF. The summed E-state index contributed by atoms with van der Waals surface area (Å²) >= 11 is 0. The molecule has 1 atom stereocenters. The van der Waals surface area contributed by atoms with Crippen LogP contribution >= 0.6 is 0 Å². The highest BCUT2D eigenvalue weighted by Crippen LogP contribution is 1.89. The molecule has 1 N–H and O–H groups in total. The number of carbonyl (C=O) groups excluding carboxylic acids is 1. The number of alkyl halides is 1. The molecule has 64 valence electrons. The fourth-order valence-electron chi connectivity index (χ4n) is 0.585. The van der Waals surface area contributed by atoms with Crippen LogP contribution in [0.25, 0.3) is 0 Å². The van der Waals surface area contributed by atoms with E-state index >= 15 is 0 Å². The van der Waals surface area contributed by atoms with Gasteiger partial charge in [-0.1, -0.05) is 5.57 Å². The molecule has 0 rings (SSSR count). The number of hydrogen-bond acceptors (Lipinski definition) is 1. The molecule has 0 aliphatic rings. The lowest BCUT2D eigenvalue weighted by atomic mass is 10.3. The van der Waals surface area contributed by atoms with Crippen LogP contribution in [0.1, 0.15) is 20.8 Å². The Hall–Kier alpha value is -0.860. The summed E-state index contributed by atoms with van der Waals surface area (Å²) in [6.45, 7) is 4.73. The van der Waals surface area contributed by atoms with Crippen LogP contribution in [-0.2, 0) is 4.79 Å². The molecule has 0 fully saturated rings. The van der Waals surface area contributed by atoms with Gasteiger partial charge in [-0.2, -0.15) is 0 Å². The molecule has 0 aliphatic carbocycles. The van der Waals surface area contributed by atoms with Gasteiger partial charge in [0.1, 0.15) is 6.67 Å². The normalized spacial score (nSPS) is 12.0. The summed E-state index contributed by atoms with van der Waals surface area (Å²) < 4.78 is 11.8. The van der Waals surface area contributed by atoms with E-state index in [1.165, 1.54) is 6.08 Å². The van der Waals surface area contributed by atoms with Crippen molar-refractivity contribution in [3.8, 4) is 0 Å². The van der Waals surface area contributed by atoms with Crippen LogP contribution in [0.3, 0.4) is 0 Å². The van der Waals surface area contributed by atoms with Crippen molar-refractivity contribution in [2.45, 2.75) is 26.8 Å². The maximum absolute atomic E-state index is 11.8. The lowest BCUT2D eigenvalue weighted by molar-refractivity contribution is -0.117. The molecule has 0 bridgehead atoms. The number of rotatable bonds is 3. The summed E-state index contributed by atoms with van der Waals surface area (Å²) in [5.41, 5.74) is 0.911. The fourth-order valence-corrected chi connectivity index (χ4v) is 0.585. The van der Waals surface area contributed by atoms with E-state index in [1.807, 2.05) is 13.8 Å². The first kappa shape index (κ1) is 10.1. The van der Waals surface area contributed by atoms with E-state index in [-0.39, 0.29) is 5.91 Å². The Morgan fingerprint density at radius 1 is 1.64 bits per heavy atom. The van der Waals surface area contributed by atoms with Crippen molar-refractivity contribution in [2.75, 3.05) is 6.67 Å². The van der Waals surface area contributed by atoms with Crippen LogP contribution in [0.15, 0.2) is 11.6 Å². The summed E-state index contributed by atoms with van der Waals surface area (Å²) in [5, 5.41) is 2.47. The number of hydrogen-bond donors (Lipinski definition) is 1. The predicted molar refractivity (Wildman–Crippen MR) is 43.0 cm³/mol. The molecule has 0 radical (unpaired) electrons. The van der Waals surface area contributed by atoms with Crippen LogP contribution < -0.4 is 5.32 Å². The van der Waals surface area contributed by atoms with E-state index in [4.69, 9.17) is 0 Å². The molecular weight excluding hydrogens is 145 g/mol. The Labute approximate surface area is 66.5 Å². The Kier molecular flexibility index (Phi) is 4.50. The molecule has 3 heteroatoms. The fraction of sp³-hybridized carbons (Fsp3) is 0.625. The van der Waals surface area contributed by atoms with Crippen LogP contribution in [0.2, 0.25) is 0 Å². The van der Waals surface area contributed by atoms with Gasteiger partial charge in [0.05, 0.1) is 6.04 Å². The van der Waals surface area contributed by atoms with Gasteiger partial charge in [0.25, 0.3) is 0 Å². The largest absolute Gasteiger partial charge is 0.347 e. The van der Waals surface area contributed by atoms with Gasteiger partial charge in [-0.3, -0.25) is 4.79 Å². The predicted octanol–water partition coefficient (Wildman–Crippen LogP) is 1.43. The zero-order valence-electron chi connectivity index (χ0n) is 7.15. The molecule has 0 saturated heterocycles. The van der Waals surface area contributed by atoms with Gasteiger partial charge in [-0.05, 0) is 20.8 Å². The highest BCUT2D eigenvalue weighted by molar-refractivity contribution is 5.88. The van der Waals surface area contributed by atoms with Gasteiger partial charge in [-0.15, -0.1) is 0 Å². The van der Waals surface area contributed by atoms with E-state index in [9.17, 15) is 9.18 Å². The van der Waals surface area contributed by atoms with Crippen LogP contribution in [0.4, 0.5) is 4.39 Å². The molecule has 0 aromatic heterocycles. The minimum atomic E-state index is -0.525. The summed E-state index contributed by atoms with van der Waals surface area (Å²) in [6.07, 6.45) is 1.45. The Morgan fingerprint density at radius 2 is 2.18 bits per heavy atom. The minimum absolute atomic E-state index is 0.227. The van der Waals surface area contributed by atoms with Crippen LogP contribution in [-0.4, -0.2) is 18.6 Å². The molecule has 0 aromatic carbocycles. The van der Waals surface area contributed by atoms with Crippen molar-refractivity contribution < 1.29 is 9.18 Å². The number of allylic oxidation sites excluding steroid dienone is 1. The Morgan fingerprint density at radius 3 is 2.55 bits per heavy atom. The molecule has 2 nitrogen and oxygen atoms in total. The number of nitrogens with one attached hydrogen (secondary N) is 1. The van der Waals surface area contributed by atoms with Crippen molar-refractivity contribution in [1.29, 1.82) is 0 Å². The molecule has 0 saturated carbocycles. The van der Waals surface area contributed by atoms with Crippen molar-refractivity contribution >= 4 is 5.91 Å². The summed E-state index contributed by atoms with van der Waals surface area (Å²) in [4.78, 5) is 10.9. The van der Waals surface area contributed by atoms with Crippen molar-refractivity contribution in [2.24, 2.45) is 0 Å². The molecule has 1 amide bonds. The molecule has 11 heavy (non-hydrogen) atoms. The van der Waals surface area contributed by atoms with E-state index in [0.717, 1.165) is 5.57 Å². The summed E-state index contributed by atoms with van der Waals surface area (Å²) in [7, 11) is 0. The lowest BCUT2D eigenvalue weighted by Gasteiger charge is -2.06. The average Bonchev–Trinajstić information content (AvgIpc) is 1.85. The number of carbonyl (C=O) groups is 1. The summed E-state index contributed by atoms with van der Waals surface area (Å²) in [5.74, 6) is -0.227. The topological polar surface area (TPSA) is 29.1 Å². The second-order valence-electron chi connectivity index (χ2n) is 2.79. The van der Waals surface area contributed by atoms with Crippen molar-refractivity contribution in [3.63, 3.8) is 0 Å². The van der Waals surface area contributed by atoms with Crippen LogP contribution in [0, 0.1) is 0 Å². The minimum Gasteiger partial charge on any atom is -0.347 e. The smallest absolute Gasteiger partial charge is 0.244 e. The standard InChI is InChI=1S/C8H14FNO/c1-6(2)4-8(11)10-7(3)5-9/h4,7H,5H2,1-3H3,(H,10,11). The van der Waals surface area contributed by atoms with E-state index in [0.29, 0.717) is 0 Å². The summed E-state index contributed by atoms with van der Waals surface area (Å²) in [6, 6.07) is -0.391. The first-order chi connectivity index (χ1) is 5.06. The monoisotopic (exact) mass is 159 g/mol. The van der Waals surface area contributed by atoms with Gasteiger partial charge in [-0.25, -0.2) is 4.39 Å². The highest BCUT2D eigenvalue weighted by Gasteiger charge is 2.02. The van der Waals surface area contributed by atoms with Crippen molar-refractivity contribution in [1.82, 2.24) is 5.32 Å². The average molecular weight is 159 g/mol. The quantitative estimate of drug-likeness (QED) is 0.620. The van der Waals surface area contributed by atoms with Gasteiger partial charge >= 0.3 is 0 Å². The molecule has 0 heterocycles. The third-order valence-corrected chi connectivity index (χ3v) is 1.04. The third kappa shape index (κ3) is 5.58. The van der Waals surface area contributed by atoms with Gasteiger partial charge in [0.2, 0.25) is 5.91 Å². The zero-order chi connectivity index (χ0) is 8.85. The first-order valence-electron chi connectivity index (χ1n) is 3.57.